The van der Waals surface area contributed by atoms with Crippen molar-refractivity contribution in [2.45, 2.75) is 26.8 Å². The number of rotatable bonds is 5. The highest BCUT2D eigenvalue weighted by molar-refractivity contribution is 6.35. The number of hydrogen-bond acceptors (Lipinski definition) is 3. The van der Waals surface area contributed by atoms with Crippen LogP contribution in [0, 0.1) is 13.8 Å². The van der Waals surface area contributed by atoms with Crippen LogP contribution in [0.25, 0.3) is 11.6 Å². The number of aromatic nitrogens is 1. The van der Waals surface area contributed by atoms with Gasteiger partial charge in [-0.2, -0.15) is 0 Å². The fraction of sp³-hybridized carbons (Fsp3) is 0.160. The molecule has 7 nitrogen and oxygen atoms in total. The molecule has 4 rings (SSSR count). The summed E-state index contributed by atoms with van der Waals surface area (Å²) >= 11 is 0. The number of hydrogen-bond donors (Lipinski definition) is 4. The van der Waals surface area contributed by atoms with E-state index in [1.165, 1.54) is 0 Å². The Morgan fingerprint density at radius 2 is 1.81 bits per heavy atom. The predicted octanol–water partition coefficient (Wildman–Crippen LogP) is 4.31. The van der Waals surface area contributed by atoms with Crippen LogP contribution in [0.4, 0.5) is 5.69 Å². The summed E-state index contributed by atoms with van der Waals surface area (Å²) in [5, 5.41) is 15.2. The van der Waals surface area contributed by atoms with Gasteiger partial charge in [0.05, 0.1) is 17.2 Å². The molecule has 2 aromatic carbocycles. The Labute approximate surface area is 185 Å². The molecule has 1 aliphatic heterocycles. The molecular weight excluding hydrogens is 406 g/mol. The molecule has 162 valence electrons. The molecule has 1 atom stereocenters. The maximum absolute atomic E-state index is 12.8. The molecule has 2 amide bonds. The van der Waals surface area contributed by atoms with E-state index in [-0.39, 0.29) is 23.4 Å². The second kappa shape index (κ2) is 8.19. The Balaban J connectivity index is 1.66. The van der Waals surface area contributed by atoms with Crippen LogP contribution in [0.2, 0.25) is 0 Å². The van der Waals surface area contributed by atoms with Crippen LogP contribution >= 0.6 is 0 Å². The molecule has 4 N–H and O–H groups in total. The maximum atomic E-state index is 12.8. The second-order valence-corrected chi connectivity index (χ2v) is 7.85. The molecule has 0 fully saturated rings. The highest BCUT2D eigenvalue weighted by atomic mass is 16.4. The highest BCUT2D eigenvalue weighted by Gasteiger charge is 2.27. The molecule has 7 heteroatoms. The lowest BCUT2D eigenvalue weighted by Gasteiger charge is -2.14. The lowest BCUT2D eigenvalue weighted by atomic mass is 10.0. The average molecular weight is 429 g/mol. The van der Waals surface area contributed by atoms with Crippen molar-refractivity contribution >= 4 is 35.1 Å². The zero-order chi connectivity index (χ0) is 23.0. The van der Waals surface area contributed by atoms with Gasteiger partial charge in [0, 0.05) is 28.2 Å². The third kappa shape index (κ3) is 3.80. The number of fused-ring (bicyclic) bond motifs is 1. The van der Waals surface area contributed by atoms with E-state index in [1.807, 2.05) is 37.3 Å². The van der Waals surface area contributed by atoms with E-state index in [4.69, 9.17) is 0 Å². The Bertz CT molecular complexity index is 1270. The number of benzene rings is 2. The van der Waals surface area contributed by atoms with Gasteiger partial charge in [-0.25, -0.2) is 4.79 Å². The first-order valence-electron chi connectivity index (χ1n) is 10.2. The predicted molar refractivity (Wildman–Crippen MR) is 122 cm³/mol. The number of H-pyrrole nitrogens is 1. The molecule has 0 unspecified atom stereocenters. The van der Waals surface area contributed by atoms with E-state index in [2.05, 4.69) is 15.6 Å². The van der Waals surface area contributed by atoms with Crippen molar-refractivity contribution in [3.05, 3.63) is 87.7 Å². The molecule has 1 aliphatic rings. The fourth-order valence-corrected chi connectivity index (χ4v) is 3.96. The largest absolute Gasteiger partial charge is 0.478 e. The molecule has 32 heavy (non-hydrogen) atoms. The molecule has 0 bridgehead atoms. The van der Waals surface area contributed by atoms with E-state index in [0.29, 0.717) is 39.3 Å². The van der Waals surface area contributed by atoms with Gasteiger partial charge in [-0.1, -0.05) is 30.3 Å². The lowest BCUT2D eigenvalue weighted by molar-refractivity contribution is -0.110. The summed E-state index contributed by atoms with van der Waals surface area (Å²) in [6, 6.07) is 14.5. The number of amides is 2. The van der Waals surface area contributed by atoms with Gasteiger partial charge < -0.3 is 20.7 Å². The third-order valence-electron chi connectivity index (χ3n) is 5.69. The third-order valence-corrected chi connectivity index (χ3v) is 5.69. The van der Waals surface area contributed by atoms with E-state index in [1.54, 1.807) is 38.1 Å². The SMILES string of the molecule is Cc1[nH]c(C=C2C(=O)Nc3ccc(C(=O)N[C@@H](C)c4ccccc4)cc32)c(C)c1C(=O)O. The van der Waals surface area contributed by atoms with E-state index in [0.717, 1.165) is 5.56 Å². The summed E-state index contributed by atoms with van der Waals surface area (Å²) in [6.07, 6.45) is 1.63. The zero-order valence-electron chi connectivity index (χ0n) is 17.9. The quantitative estimate of drug-likeness (QED) is 0.453. The van der Waals surface area contributed by atoms with Crippen LogP contribution in [0.15, 0.2) is 48.5 Å². The lowest BCUT2D eigenvalue weighted by Crippen LogP contribution is -2.26. The molecule has 0 saturated heterocycles. The summed E-state index contributed by atoms with van der Waals surface area (Å²) in [5.41, 5.74) is 4.80. The number of carbonyl (C=O) groups is 3. The highest BCUT2D eigenvalue weighted by Crippen LogP contribution is 2.35. The molecule has 3 aromatic rings. The number of anilines is 1. The second-order valence-electron chi connectivity index (χ2n) is 7.85. The molecule has 0 aliphatic carbocycles. The normalized spacial score (nSPS) is 14.7. The first-order chi connectivity index (χ1) is 15.3. The number of carbonyl (C=O) groups excluding carboxylic acids is 2. The van der Waals surface area contributed by atoms with Crippen molar-refractivity contribution in [3.63, 3.8) is 0 Å². The monoisotopic (exact) mass is 429 g/mol. The summed E-state index contributed by atoms with van der Waals surface area (Å²) in [7, 11) is 0. The van der Waals surface area contributed by atoms with Gasteiger partial charge in [0.25, 0.3) is 11.8 Å². The standard InChI is InChI=1S/C25H23N3O4/c1-13-21(26-15(3)22(13)25(31)32)12-19-18-11-17(9-10-20(18)28-24(19)30)23(29)27-14(2)16-7-5-4-6-8-16/h4-12,14,26H,1-3H3,(H,27,29)(H,28,30)(H,31,32)/t14-/m0/s1. The minimum atomic E-state index is -1.02. The van der Waals surface area contributed by atoms with Gasteiger partial charge in [0.15, 0.2) is 0 Å². The van der Waals surface area contributed by atoms with Crippen LogP contribution in [-0.4, -0.2) is 27.9 Å². The summed E-state index contributed by atoms with van der Waals surface area (Å²) in [4.78, 5) is 40.0. The van der Waals surface area contributed by atoms with E-state index >= 15 is 0 Å². The number of carboxylic acid groups (broad SMARTS) is 1. The summed E-state index contributed by atoms with van der Waals surface area (Å²) in [5.74, 6) is -1.58. The van der Waals surface area contributed by atoms with Crippen molar-refractivity contribution in [2.24, 2.45) is 0 Å². The van der Waals surface area contributed by atoms with E-state index < -0.39 is 5.97 Å². The number of nitrogens with one attached hydrogen (secondary N) is 3. The first-order valence-corrected chi connectivity index (χ1v) is 10.2. The van der Waals surface area contributed by atoms with Crippen molar-refractivity contribution in [2.75, 3.05) is 5.32 Å². The number of aryl methyl sites for hydroxylation is 1. The van der Waals surface area contributed by atoms with Crippen LogP contribution in [0.1, 0.15) is 61.8 Å². The van der Waals surface area contributed by atoms with Crippen molar-refractivity contribution in [3.8, 4) is 0 Å². The Morgan fingerprint density at radius 1 is 1.09 bits per heavy atom. The molecule has 0 spiro atoms. The molecule has 2 heterocycles. The van der Waals surface area contributed by atoms with Gasteiger partial charge in [0.2, 0.25) is 0 Å². The van der Waals surface area contributed by atoms with Crippen molar-refractivity contribution in [1.29, 1.82) is 0 Å². The van der Waals surface area contributed by atoms with Crippen LogP contribution < -0.4 is 10.6 Å². The van der Waals surface area contributed by atoms with Gasteiger partial charge in [-0.05, 0) is 56.2 Å². The number of carboxylic acids is 1. The topological polar surface area (TPSA) is 111 Å². The molecule has 0 radical (unpaired) electrons. The molecule has 1 aromatic heterocycles. The maximum Gasteiger partial charge on any atom is 0.337 e. The smallest absolute Gasteiger partial charge is 0.337 e. The number of aromatic amines is 1. The van der Waals surface area contributed by atoms with Gasteiger partial charge >= 0.3 is 5.97 Å². The Hall–Kier alpha value is -4.13. The summed E-state index contributed by atoms with van der Waals surface area (Å²) < 4.78 is 0. The van der Waals surface area contributed by atoms with Gasteiger partial charge in [-0.3, -0.25) is 9.59 Å². The van der Waals surface area contributed by atoms with Crippen LogP contribution in [0.5, 0.6) is 0 Å². The van der Waals surface area contributed by atoms with Crippen molar-refractivity contribution < 1.29 is 19.5 Å². The minimum Gasteiger partial charge on any atom is -0.478 e. The van der Waals surface area contributed by atoms with Gasteiger partial charge in [-0.15, -0.1) is 0 Å². The van der Waals surface area contributed by atoms with E-state index in [9.17, 15) is 19.5 Å². The van der Waals surface area contributed by atoms with Gasteiger partial charge in [0.1, 0.15) is 0 Å². The first kappa shape index (κ1) is 21.1. The number of aromatic carboxylic acids is 1. The Kier molecular flexibility index (Phi) is 5.40. The Morgan fingerprint density at radius 3 is 2.47 bits per heavy atom. The fourth-order valence-electron chi connectivity index (χ4n) is 3.96. The average Bonchev–Trinajstić information content (AvgIpc) is 3.23. The summed E-state index contributed by atoms with van der Waals surface area (Å²) in [6.45, 7) is 5.28. The minimum absolute atomic E-state index is 0.175. The van der Waals surface area contributed by atoms with Crippen LogP contribution in [0.3, 0.4) is 0 Å². The van der Waals surface area contributed by atoms with Crippen LogP contribution in [-0.2, 0) is 4.79 Å². The molecule has 0 saturated carbocycles. The molecular formula is C25H23N3O4. The van der Waals surface area contributed by atoms with Crippen molar-refractivity contribution in [1.82, 2.24) is 10.3 Å². The zero-order valence-corrected chi connectivity index (χ0v) is 17.9.